The summed E-state index contributed by atoms with van der Waals surface area (Å²) in [5.74, 6) is -0.348. The monoisotopic (exact) mass is 243 g/mol. The molecule has 0 unspecified atom stereocenters. The Kier molecular flexibility index (Phi) is 2.44. The highest BCUT2D eigenvalue weighted by atomic mass is 16.4. The Morgan fingerprint density at radius 3 is 2.89 bits per heavy atom. The van der Waals surface area contributed by atoms with E-state index in [2.05, 4.69) is 43.4 Å². The zero-order valence-electron chi connectivity index (χ0n) is 10.6. The molecule has 18 heavy (non-hydrogen) atoms. The molecule has 0 bridgehead atoms. The summed E-state index contributed by atoms with van der Waals surface area (Å²) < 4.78 is 0. The smallest absolute Gasteiger partial charge is 0.326 e. The summed E-state index contributed by atoms with van der Waals surface area (Å²) in [6.45, 7) is 4.11. The third-order valence-corrected chi connectivity index (χ3v) is 4.33. The van der Waals surface area contributed by atoms with Crippen molar-refractivity contribution in [1.29, 1.82) is 0 Å². The molecule has 0 fully saturated rings. The van der Waals surface area contributed by atoms with Gasteiger partial charge in [0, 0.05) is 17.5 Å². The first-order chi connectivity index (χ1) is 8.59. The van der Waals surface area contributed by atoms with Crippen LogP contribution < -0.4 is 5.32 Å². The summed E-state index contributed by atoms with van der Waals surface area (Å²) in [6.07, 6.45) is 5.12. The summed E-state index contributed by atoms with van der Waals surface area (Å²) in [5, 5.41) is 12.6. The van der Waals surface area contributed by atoms with Crippen molar-refractivity contribution in [1.82, 2.24) is 0 Å². The Bertz CT molecular complexity index is 548. The van der Waals surface area contributed by atoms with Crippen molar-refractivity contribution in [3.8, 4) is 0 Å². The molecule has 3 heteroatoms. The van der Waals surface area contributed by atoms with Gasteiger partial charge in [-0.15, -0.1) is 0 Å². The van der Waals surface area contributed by atoms with E-state index in [-0.39, 0.29) is 11.8 Å². The molecule has 3 nitrogen and oxygen atoms in total. The van der Waals surface area contributed by atoms with Crippen LogP contribution >= 0.6 is 0 Å². The minimum Gasteiger partial charge on any atom is -0.480 e. The van der Waals surface area contributed by atoms with Gasteiger partial charge in [0.2, 0.25) is 0 Å². The van der Waals surface area contributed by atoms with Gasteiger partial charge in [-0.25, -0.2) is 4.79 Å². The lowest BCUT2D eigenvalue weighted by molar-refractivity contribution is -0.139. The minimum absolute atomic E-state index is 0.150. The van der Waals surface area contributed by atoms with Crippen molar-refractivity contribution in [2.45, 2.75) is 32.2 Å². The number of nitrogens with one attached hydrogen (secondary N) is 1. The Labute approximate surface area is 107 Å². The zero-order chi connectivity index (χ0) is 12.9. The van der Waals surface area contributed by atoms with Crippen molar-refractivity contribution in [2.24, 2.45) is 5.92 Å². The number of carboxylic acid groups (broad SMARTS) is 1. The van der Waals surface area contributed by atoms with E-state index in [0.29, 0.717) is 0 Å². The maximum Gasteiger partial charge on any atom is 0.326 e. The van der Waals surface area contributed by atoms with Crippen LogP contribution in [-0.4, -0.2) is 17.1 Å². The number of benzene rings is 1. The fourth-order valence-corrected chi connectivity index (χ4v) is 3.16. The van der Waals surface area contributed by atoms with Crippen LogP contribution in [0.25, 0.3) is 0 Å². The van der Waals surface area contributed by atoms with Crippen molar-refractivity contribution >= 4 is 11.7 Å². The lowest BCUT2D eigenvalue weighted by Crippen LogP contribution is -2.42. The van der Waals surface area contributed by atoms with Crippen LogP contribution in [0.5, 0.6) is 0 Å². The van der Waals surface area contributed by atoms with E-state index >= 15 is 0 Å². The molecule has 3 rings (SSSR count). The van der Waals surface area contributed by atoms with E-state index in [4.69, 9.17) is 0 Å². The highest BCUT2D eigenvalue weighted by Gasteiger charge is 2.41. The fraction of sp³-hybridized carbons (Fsp3) is 0.400. The number of carboxylic acids is 1. The van der Waals surface area contributed by atoms with E-state index in [1.165, 1.54) is 11.1 Å². The Morgan fingerprint density at radius 2 is 2.17 bits per heavy atom. The van der Waals surface area contributed by atoms with Crippen molar-refractivity contribution < 1.29 is 9.90 Å². The number of fused-ring (bicyclic) bond motifs is 3. The first kappa shape index (κ1) is 11.3. The molecule has 1 aliphatic heterocycles. The molecule has 0 spiro atoms. The lowest BCUT2D eigenvalue weighted by Gasteiger charge is -2.36. The van der Waals surface area contributed by atoms with Gasteiger partial charge in [-0.05, 0) is 37.0 Å². The van der Waals surface area contributed by atoms with Crippen LogP contribution in [0.2, 0.25) is 0 Å². The number of carbonyl (C=O) groups is 1. The Morgan fingerprint density at radius 1 is 1.39 bits per heavy atom. The molecule has 1 aromatic rings. The Hall–Kier alpha value is -1.77. The lowest BCUT2D eigenvalue weighted by atomic mass is 9.78. The summed E-state index contributed by atoms with van der Waals surface area (Å²) in [6, 6.07) is 3.79. The van der Waals surface area contributed by atoms with Gasteiger partial charge in [0.05, 0.1) is 0 Å². The molecule has 0 radical (unpaired) electrons. The maximum absolute atomic E-state index is 11.4. The minimum atomic E-state index is -0.750. The van der Waals surface area contributed by atoms with E-state index in [0.717, 1.165) is 17.7 Å². The molecule has 0 saturated carbocycles. The molecule has 1 aliphatic carbocycles. The van der Waals surface area contributed by atoms with E-state index in [9.17, 15) is 9.90 Å². The number of hydrogen-bond acceptors (Lipinski definition) is 2. The highest BCUT2D eigenvalue weighted by Crippen LogP contribution is 2.46. The average molecular weight is 243 g/mol. The zero-order valence-corrected chi connectivity index (χ0v) is 10.6. The highest BCUT2D eigenvalue weighted by molar-refractivity contribution is 5.81. The number of anilines is 1. The van der Waals surface area contributed by atoms with E-state index in [1.54, 1.807) is 0 Å². The number of hydrogen-bond donors (Lipinski definition) is 2. The van der Waals surface area contributed by atoms with Crippen molar-refractivity contribution in [2.75, 3.05) is 5.32 Å². The largest absolute Gasteiger partial charge is 0.480 e. The van der Waals surface area contributed by atoms with Gasteiger partial charge in [0.15, 0.2) is 0 Å². The number of allylic oxidation sites excluding steroid dienone is 2. The average Bonchev–Trinajstić information content (AvgIpc) is 2.81. The van der Waals surface area contributed by atoms with Crippen molar-refractivity contribution in [3.05, 3.63) is 41.0 Å². The Balaban J connectivity index is 2.14. The molecule has 0 saturated heterocycles. The van der Waals surface area contributed by atoms with Crippen LogP contribution in [0, 0.1) is 19.8 Å². The van der Waals surface area contributed by atoms with Gasteiger partial charge >= 0.3 is 5.97 Å². The molecule has 3 atom stereocenters. The SMILES string of the molecule is Cc1ccc2c(c1C)N[C@@H](C(=O)O)[C@@H]1CC=C[C@H]21. The normalized spacial score (nSPS) is 28.4. The molecule has 2 aliphatic rings. The van der Waals surface area contributed by atoms with E-state index < -0.39 is 12.0 Å². The van der Waals surface area contributed by atoms with Gasteiger partial charge in [0.25, 0.3) is 0 Å². The second kappa shape index (κ2) is 3.87. The van der Waals surface area contributed by atoms with Gasteiger partial charge in [-0.1, -0.05) is 24.3 Å². The van der Waals surface area contributed by atoms with Crippen LogP contribution in [0.15, 0.2) is 24.3 Å². The van der Waals surface area contributed by atoms with E-state index in [1.807, 2.05) is 0 Å². The quantitative estimate of drug-likeness (QED) is 0.746. The molecule has 0 amide bonds. The standard InChI is InChI=1S/C15H17NO2/c1-8-6-7-12-10-4-3-5-11(10)14(15(17)18)16-13(12)9(8)2/h3-4,6-7,10-11,14,16H,5H2,1-2H3,(H,17,18)/t10-,11+,14+/m0/s1. The van der Waals surface area contributed by atoms with Crippen LogP contribution in [0.4, 0.5) is 5.69 Å². The number of aryl methyl sites for hydroxylation is 1. The van der Waals surface area contributed by atoms with Crippen LogP contribution in [0.1, 0.15) is 29.0 Å². The second-order valence-corrected chi connectivity index (χ2v) is 5.29. The molecular formula is C15H17NO2. The fourth-order valence-electron chi connectivity index (χ4n) is 3.16. The topological polar surface area (TPSA) is 49.3 Å². The summed E-state index contributed by atoms with van der Waals surface area (Å²) in [5.41, 5.74) is 4.63. The molecule has 1 heterocycles. The van der Waals surface area contributed by atoms with Gasteiger partial charge in [-0.3, -0.25) is 0 Å². The molecule has 2 N–H and O–H groups in total. The molecule has 0 aromatic heterocycles. The summed E-state index contributed by atoms with van der Waals surface area (Å²) in [7, 11) is 0. The predicted molar refractivity (Wildman–Crippen MR) is 71.0 cm³/mol. The third kappa shape index (κ3) is 1.47. The number of aliphatic carboxylic acids is 1. The predicted octanol–water partition coefficient (Wildman–Crippen LogP) is 2.84. The summed E-state index contributed by atoms with van der Waals surface area (Å²) >= 11 is 0. The second-order valence-electron chi connectivity index (χ2n) is 5.29. The number of rotatable bonds is 1. The first-order valence-electron chi connectivity index (χ1n) is 6.35. The van der Waals surface area contributed by atoms with Crippen molar-refractivity contribution in [3.63, 3.8) is 0 Å². The first-order valence-corrected chi connectivity index (χ1v) is 6.35. The third-order valence-electron chi connectivity index (χ3n) is 4.33. The van der Waals surface area contributed by atoms with Gasteiger partial charge in [-0.2, -0.15) is 0 Å². The van der Waals surface area contributed by atoms with Gasteiger partial charge in [0.1, 0.15) is 6.04 Å². The van der Waals surface area contributed by atoms with Crippen LogP contribution in [-0.2, 0) is 4.79 Å². The molecule has 94 valence electrons. The maximum atomic E-state index is 11.4. The van der Waals surface area contributed by atoms with Gasteiger partial charge < -0.3 is 10.4 Å². The van der Waals surface area contributed by atoms with Crippen LogP contribution in [0.3, 0.4) is 0 Å². The molecule has 1 aromatic carbocycles. The summed E-state index contributed by atoms with van der Waals surface area (Å²) in [4.78, 5) is 11.4. The molecular weight excluding hydrogens is 226 g/mol.